The summed E-state index contributed by atoms with van der Waals surface area (Å²) in [7, 11) is 0. The van der Waals surface area contributed by atoms with Gasteiger partial charge in [0.15, 0.2) is 0 Å². The van der Waals surface area contributed by atoms with Gasteiger partial charge in [-0.05, 0) is 26.7 Å². The number of amides is 1. The summed E-state index contributed by atoms with van der Waals surface area (Å²) in [4.78, 5) is 22.4. The highest BCUT2D eigenvalue weighted by molar-refractivity contribution is 5.78. The first-order valence-corrected chi connectivity index (χ1v) is 8.21. The fourth-order valence-corrected chi connectivity index (χ4v) is 2.69. The Morgan fingerprint density at radius 1 is 1.39 bits per heavy atom. The zero-order valence-electron chi connectivity index (χ0n) is 14.4. The monoisotopic (exact) mass is 321 g/mol. The number of hydrogen-bond donors (Lipinski definition) is 2. The number of hydrogen-bond acceptors (Lipinski definition) is 6. The molecule has 0 bridgehead atoms. The molecule has 0 unspecified atom stereocenters. The third-order valence-corrected chi connectivity index (χ3v) is 3.66. The van der Waals surface area contributed by atoms with Crippen molar-refractivity contribution < 1.29 is 9.53 Å². The van der Waals surface area contributed by atoms with Crippen LogP contribution in [0.1, 0.15) is 40.5 Å². The normalized spacial score (nSPS) is 18.3. The zero-order valence-corrected chi connectivity index (χ0v) is 14.4. The van der Waals surface area contributed by atoms with Crippen LogP contribution in [0.3, 0.4) is 0 Å². The van der Waals surface area contributed by atoms with Gasteiger partial charge in [-0.25, -0.2) is 0 Å². The molecule has 1 amide bonds. The fourth-order valence-electron chi connectivity index (χ4n) is 2.69. The van der Waals surface area contributed by atoms with Crippen LogP contribution in [0, 0.1) is 5.92 Å². The first kappa shape index (κ1) is 17.3. The minimum atomic E-state index is 0.0194. The number of aromatic nitrogens is 2. The Balaban J connectivity index is 2.03. The summed E-state index contributed by atoms with van der Waals surface area (Å²) in [6, 6.07) is 1.91. The summed E-state index contributed by atoms with van der Waals surface area (Å²) in [5.74, 6) is 1.49. The molecule has 0 saturated carbocycles. The lowest BCUT2D eigenvalue weighted by Crippen LogP contribution is -2.46. The summed E-state index contributed by atoms with van der Waals surface area (Å²) in [5.41, 5.74) is 5.75. The quantitative estimate of drug-likeness (QED) is 0.860. The number of nitrogens with two attached hydrogens (primary N) is 1. The molecular formula is C16H27N5O2. The highest BCUT2D eigenvalue weighted by Gasteiger charge is 2.25. The van der Waals surface area contributed by atoms with Crippen LogP contribution in [0.15, 0.2) is 6.07 Å². The van der Waals surface area contributed by atoms with E-state index < -0.39 is 0 Å². The van der Waals surface area contributed by atoms with Crippen LogP contribution in [0.5, 0.6) is 5.88 Å². The molecule has 0 aliphatic carbocycles. The lowest BCUT2D eigenvalue weighted by atomic mass is 10.0. The Kier molecular flexibility index (Phi) is 5.63. The highest BCUT2D eigenvalue weighted by Crippen LogP contribution is 2.20. The minimum absolute atomic E-state index is 0.0194. The number of nitrogen functional groups attached to an aromatic ring is 1. The molecule has 7 heteroatoms. The van der Waals surface area contributed by atoms with Crippen molar-refractivity contribution >= 4 is 17.7 Å². The summed E-state index contributed by atoms with van der Waals surface area (Å²) < 4.78 is 5.58. The predicted octanol–water partition coefficient (Wildman–Crippen LogP) is 1.90. The molecule has 0 radical (unpaired) electrons. The standard InChI is InChI=1S/C16H27N5O2/c1-10(2)15(22)21-7-5-6-12(9-21)18-13-8-14(23-11(3)4)20-16(17)19-13/h8,10-12H,5-7,9H2,1-4H3,(H3,17,18,19,20)/t12-/m0/s1. The van der Waals surface area contributed by atoms with E-state index in [2.05, 4.69) is 15.3 Å². The number of likely N-dealkylation sites (tertiary alicyclic amines) is 1. The first-order chi connectivity index (χ1) is 10.8. The van der Waals surface area contributed by atoms with E-state index in [1.165, 1.54) is 0 Å². The SMILES string of the molecule is CC(C)Oc1cc(N[C@H]2CCCN(C(=O)C(C)C)C2)nc(N)n1. The second-order valence-electron chi connectivity index (χ2n) is 6.54. The molecule has 2 rings (SSSR count). The molecule has 0 spiro atoms. The molecule has 1 atom stereocenters. The van der Waals surface area contributed by atoms with Gasteiger partial charge in [0.2, 0.25) is 17.7 Å². The average molecular weight is 321 g/mol. The van der Waals surface area contributed by atoms with Crippen molar-refractivity contribution in [3.8, 4) is 5.88 Å². The number of anilines is 2. The maximum absolute atomic E-state index is 12.2. The lowest BCUT2D eigenvalue weighted by molar-refractivity contribution is -0.135. The van der Waals surface area contributed by atoms with Gasteiger partial charge in [-0.1, -0.05) is 13.8 Å². The van der Waals surface area contributed by atoms with E-state index in [4.69, 9.17) is 10.5 Å². The van der Waals surface area contributed by atoms with Gasteiger partial charge in [-0.2, -0.15) is 9.97 Å². The molecule has 1 saturated heterocycles. The van der Waals surface area contributed by atoms with Crippen molar-refractivity contribution in [3.63, 3.8) is 0 Å². The van der Waals surface area contributed by atoms with Crippen LogP contribution in [-0.4, -0.2) is 46.0 Å². The van der Waals surface area contributed by atoms with Gasteiger partial charge < -0.3 is 20.7 Å². The molecule has 2 heterocycles. The van der Waals surface area contributed by atoms with Crippen molar-refractivity contribution in [2.75, 3.05) is 24.1 Å². The zero-order chi connectivity index (χ0) is 17.0. The summed E-state index contributed by atoms with van der Waals surface area (Å²) in [6.45, 7) is 9.23. The molecule has 1 aromatic heterocycles. The third-order valence-electron chi connectivity index (χ3n) is 3.66. The number of nitrogens with zero attached hydrogens (tertiary/aromatic N) is 3. The van der Waals surface area contributed by atoms with Crippen LogP contribution in [0.2, 0.25) is 0 Å². The van der Waals surface area contributed by atoms with E-state index in [0.717, 1.165) is 19.4 Å². The Morgan fingerprint density at radius 2 is 2.13 bits per heavy atom. The first-order valence-electron chi connectivity index (χ1n) is 8.21. The summed E-state index contributed by atoms with van der Waals surface area (Å²) in [5, 5.41) is 3.35. The molecule has 128 valence electrons. The minimum Gasteiger partial charge on any atom is -0.475 e. The van der Waals surface area contributed by atoms with E-state index in [0.29, 0.717) is 18.2 Å². The van der Waals surface area contributed by atoms with Crippen molar-refractivity contribution in [3.05, 3.63) is 6.07 Å². The fraction of sp³-hybridized carbons (Fsp3) is 0.688. The Hall–Kier alpha value is -2.05. The van der Waals surface area contributed by atoms with Gasteiger partial charge in [-0.15, -0.1) is 0 Å². The largest absolute Gasteiger partial charge is 0.475 e. The topological polar surface area (TPSA) is 93.4 Å². The van der Waals surface area contributed by atoms with Gasteiger partial charge in [0.05, 0.1) is 6.10 Å². The Bertz CT molecular complexity index is 547. The summed E-state index contributed by atoms with van der Waals surface area (Å²) in [6.07, 6.45) is 1.99. The molecule has 7 nitrogen and oxygen atoms in total. The number of piperidine rings is 1. The maximum atomic E-state index is 12.2. The van der Waals surface area contributed by atoms with Gasteiger partial charge in [0, 0.05) is 31.1 Å². The highest BCUT2D eigenvalue weighted by atomic mass is 16.5. The van der Waals surface area contributed by atoms with Gasteiger partial charge in [0.1, 0.15) is 5.82 Å². The van der Waals surface area contributed by atoms with Crippen LogP contribution >= 0.6 is 0 Å². The average Bonchev–Trinajstić information content (AvgIpc) is 2.45. The van der Waals surface area contributed by atoms with E-state index in [1.807, 2.05) is 32.6 Å². The van der Waals surface area contributed by atoms with E-state index in [1.54, 1.807) is 6.07 Å². The van der Waals surface area contributed by atoms with Crippen LogP contribution < -0.4 is 15.8 Å². The van der Waals surface area contributed by atoms with Crippen LogP contribution in [0.4, 0.5) is 11.8 Å². The number of nitrogens with one attached hydrogen (secondary N) is 1. The second-order valence-corrected chi connectivity index (χ2v) is 6.54. The maximum Gasteiger partial charge on any atom is 0.225 e. The van der Waals surface area contributed by atoms with E-state index >= 15 is 0 Å². The molecular weight excluding hydrogens is 294 g/mol. The summed E-state index contributed by atoms with van der Waals surface area (Å²) >= 11 is 0. The van der Waals surface area contributed by atoms with E-state index in [-0.39, 0.29) is 29.9 Å². The van der Waals surface area contributed by atoms with Gasteiger partial charge in [0.25, 0.3) is 0 Å². The lowest BCUT2D eigenvalue weighted by Gasteiger charge is -2.34. The predicted molar refractivity (Wildman–Crippen MR) is 90.3 cm³/mol. The van der Waals surface area contributed by atoms with Gasteiger partial charge in [-0.3, -0.25) is 4.79 Å². The van der Waals surface area contributed by atoms with Crippen LogP contribution in [-0.2, 0) is 4.79 Å². The van der Waals surface area contributed by atoms with Crippen molar-refractivity contribution in [1.29, 1.82) is 0 Å². The number of ether oxygens (including phenoxy) is 1. The molecule has 23 heavy (non-hydrogen) atoms. The Labute approximate surface area is 137 Å². The molecule has 0 aromatic carbocycles. The van der Waals surface area contributed by atoms with Crippen molar-refractivity contribution in [2.24, 2.45) is 5.92 Å². The van der Waals surface area contributed by atoms with Crippen LogP contribution in [0.25, 0.3) is 0 Å². The smallest absolute Gasteiger partial charge is 0.225 e. The van der Waals surface area contributed by atoms with Crippen molar-refractivity contribution in [1.82, 2.24) is 14.9 Å². The molecule has 3 N–H and O–H groups in total. The number of rotatable bonds is 5. The molecule has 1 fully saturated rings. The molecule has 1 aromatic rings. The number of carbonyl (C=O) groups is 1. The Morgan fingerprint density at radius 3 is 2.78 bits per heavy atom. The molecule has 1 aliphatic heterocycles. The number of carbonyl (C=O) groups excluding carboxylic acids is 1. The van der Waals surface area contributed by atoms with E-state index in [9.17, 15) is 4.79 Å². The van der Waals surface area contributed by atoms with Crippen molar-refractivity contribution in [2.45, 2.75) is 52.7 Å². The molecule has 1 aliphatic rings. The second kappa shape index (κ2) is 7.48. The third kappa shape index (κ3) is 4.97. The van der Waals surface area contributed by atoms with Gasteiger partial charge >= 0.3 is 0 Å².